The molecule has 2 saturated carbocycles. The molecule has 0 amide bonds. The summed E-state index contributed by atoms with van der Waals surface area (Å²) in [6, 6.07) is 5.18. The number of nitriles is 1. The van der Waals surface area contributed by atoms with Crippen LogP contribution in [0.2, 0.25) is 0 Å². The summed E-state index contributed by atoms with van der Waals surface area (Å²) in [6.07, 6.45) is 0.694. The van der Waals surface area contributed by atoms with Gasteiger partial charge in [0.15, 0.2) is 0 Å². The number of hydrogen-bond acceptors (Lipinski definition) is 2. The van der Waals surface area contributed by atoms with Crippen LogP contribution in [0.1, 0.15) is 36.8 Å². The van der Waals surface area contributed by atoms with Gasteiger partial charge in [-0.15, -0.1) is 0 Å². The van der Waals surface area contributed by atoms with Gasteiger partial charge in [0.2, 0.25) is 0 Å². The number of alkyl halides is 3. The topological polar surface area (TPSA) is 35.8 Å². The summed E-state index contributed by atoms with van der Waals surface area (Å²) in [6.45, 7) is 0.751. The summed E-state index contributed by atoms with van der Waals surface area (Å²) in [7, 11) is 0. The van der Waals surface area contributed by atoms with E-state index in [1.807, 2.05) is 6.07 Å². The van der Waals surface area contributed by atoms with E-state index in [9.17, 15) is 13.2 Å². The molecule has 112 valence electrons. The van der Waals surface area contributed by atoms with Gasteiger partial charge in [-0.1, -0.05) is 6.42 Å². The van der Waals surface area contributed by atoms with E-state index in [4.69, 9.17) is 5.26 Å². The average molecular weight is 294 g/mol. The van der Waals surface area contributed by atoms with Crippen molar-refractivity contribution in [3.05, 3.63) is 29.3 Å². The average Bonchev–Trinajstić information content (AvgIpc) is 3.06. The third kappa shape index (κ3) is 2.85. The molecule has 2 aliphatic rings. The van der Waals surface area contributed by atoms with Crippen LogP contribution in [-0.4, -0.2) is 6.54 Å². The van der Waals surface area contributed by atoms with E-state index in [2.05, 4.69) is 5.32 Å². The second-order valence-electron chi connectivity index (χ2n) is 6.19. The minimum Gasteiger partial charge on any atom is -0.384 e. The van der Waals surface area contributed by atoms with Gasteiger partial charge in [-0.05, 0) is 55.2 Å². The van der Waals surface area contributed by atoms with E-state index in [0.717, 1.165) is 30.5 Å². The van der Waals surface area contributed by atoms with Gasteiger partial charge in [-0.2, -0.15) is 18.4 Å². The summed E-state index contributed by atoms with van der Waals surface area (Å²) in [5.41, 5.74) is -0.203. The lowest BCUT2D eigenvalue weighted by Gasteiger charge is -2.22. The molecule has 0 saturated heterocycles. The largest absolute Gasteiger partial charge is 0.416 e. The van der Waals surface area contributed by atoms with Gasteiger partial charge in [0, 0.05) is 6.54 Å². The third-order valence-corrected chi connectivity index (χ3v) is 4.91. The van der Waals surface area contributed by atoms with Crippen molar-refractivity contribution in [2.24, 2.45) is 17.8 Å². The van der Waals surface area contributed by atoms with Crippen molar-refractivity contribution in [1.29, 1.82) is 5.26 Å². The monoisotopic (exact) mass is 294 g/mol. The molecule has 21 heavy (non-hydrogen) atoms. The maximum atomic E-state index is 12.6. The van der Waals surface area contributed by atoms with Gasteiger partial charge < -0.3 is 5.32 Å². The zero-order chi connectivity index (χ0) is 15.0. The van der Waals surface area contributed by atoms with Crippen LogP contribution in [0.15, 0.2) is 18.2 Å². The Balaban J connectivity index is 1.69. The number of nitrogens with zero attached hydrogens (tertiary/aromatic N) is 1. The highest BCUT2D eigenvalue weighted by Crippen LogP contribution is 2.48. The quantitative estimate of drug-likeness (QED) is 0.895. The van der Waals surface area contributed by atoms with Crippen LogP contribution in [0.3, 0.4) is 0 Å². The first-order valence-corrected chi connectivity index (χ1v) is 7.32. The van der Waals surface area contributed by atoms with Crippen LogP contribution in [0, 0.1) is 29.1 Å². The predicted octanol–water partition coefficient (Wildman–Crippen LogP) is 4.43. The molecule has 0 aromatic heterocycles. The first kappa shape index (κ1) is 14.2. The van der Waals surface area contributed by atoms with Crippen LogP contribution in [0.5, 0.6) is 0 Å². The van der Waals surface area contributed by atoms with E-state index >= 15 is 0 Å². The van der Waals surface area contributed by atoms with Crippen LogP contribution in [0.25, 0.3) is 0 Å². The summed E-state index contributed by atoms with van der Waals surface area (Å²) < 4.78 is 37.9. The molecular weight excluding hydrogens is 277 g/mol. The lowest BCUT2D eigenvalue weighted by atomic mass is 9.89. The van der Waals surface area contributed by atoms with Gasteiger partial charge >= 0.3 is 6.18 Å². The fraction of sp³-hybridized carbons (Fsp3) is 0.562. The van der Waals surface area contributed by atoms with Crippen molar-refractivity contribution >= 4 is 5.69 Å². The van der Waals surface area contributed by atoms with Crippen LogP contribution in [-0.2, 0) is 6.18 Å². The van der Waals surface area contributed by atoms with Crippen molar-refractivity contribution < 1.29 is 13.2 Å². The molecule has 0 spiro atoms. The lowest BCUT2D eigenvalue weighted by molar-refractivity contribution is -0.137. The number of anilines is 1. The van der Waals surface area contributed by atoms with E-state index in [1.54, 1.807) is 0 Å². The highest BCUT2D eigenvalue weighted by atomic mass is 19.4. The predicted molar refractivity (Wildman–Crippen MR) is 73.6 cm³/mol. The fourth-order valence-corrected chi connectivity index (χ4v) is 3.83. The number of benzene rings is 1. The Morgan fingerprint density at radius 2 is 2.05 bits per heavy atom. The first-order valence-electron chi connectivity index (χ1n) is 7.32. The summed E-state index contributed by atoms with van der Waals surface area (Å²) in [4.78, 5) is 0. The molecule has 1 N–H and O–H groups in total. The number of hydrogen-bond donors (Lipinski definition) is 1. The van der Waals surface area contributed by atoms with Gasteiger partial charge in [-0.25, -0.2) is 0 Å². The Bertz CT molecular complexity index is 574. The van der Waals surface area contributed by atoms with Crippen LogP contribution in [0.4, 0.5) is 18.9 Å². The minimum absolute atomic E-state index is 0.0629. The van der Waals surface area contributed by atoms with E-state index in [-0.39, 0.29) is 5.56 Å². The van der Waals surface area contributed by atoms with Crippen molar-refractivity contribution in [2.75, 3.05) is 11.9 Å². The molecule has 1 aromatic carbocycles. The summed E-state index contributed by atoms with van der Waals surface area (Å²) in [5, 5.41) is 12.2. The maximum absolute atomic E-state index is 12.6. The molecule has 0 radical (unpaired) electrons. The van der Waals surface area contributed by atoms with Gasteiger partial charge in [0.25, 0.3) is 0 Å². The molecule has 3 rings (SSSR count). The molecule has 3 atom stereocenters. The molecule has 2 bridgehead atoms. The molecular formula is C16H17F3N2. The second-order valence-corrected chi connectivity index (χ2v) is 6.19. The minimum atomic E-state index is -4.41. The third-order valence-electron chi connectivity index (χ3n) is 4.91. The van der Waals surface area contributed by atoms with Gasteiger partial charge in [0.1, 0.15) is 6.07 Å². The van der Waals surface area contributed by atoms with E-state index < -0.39 is 11.7 Å². The molecule has 2 nitrogen and oxygen atoms in total. The second kappa shape index (κ2) is 5.25. The Morgan fingerprint density at radius 1 is 1.24 bits per heavy atom. The Morgan fingerprint density at radius 3 is 2.62 bits per heavy atom. The smallest absolute Gasteiger partial charge is 0.384 e. The summed E-state index contributed by atoms with van der Waals surface area (Å²) >= 11 is 0. The molecule has 0 aliphatic heterocycles. The van der Waals surface area contributed by atoms with Crippen LogP contribution < -0.4 is 5.32 Å². The summed E-state index contributed by atoms with van der Waals surface area (Å²) in [5.74, 6) is 2.19. The number of nitrogens with one attached hydrogen (secondary N) is 1. The molecule has 2 aliphatic carbocycles. The highest BCUT2D eigenvalue weighted by molar-refractivity contribution is 5.59. The van der Waals surface area contributed by atoms with Crippen LogP contribution >= 0.6 is 0 Å². The Hall–Kier alpha value is -1.70. The molecule has 0 heterocycles. The lowest BCUT2D eigenvalue weighted by Crippen LogP contribution is -2.20. The number of fused-ring (bicyclic) bond motifs is 2. The fourth-order valence-electron chi connectivity index (χ4n) is 3.83. The molecule has 2 fully saturated rings. The molecule has 3 unspecified atom stereocenters. The van der Waals surface area contributed by atoms with Crippen molar-refractivity contribution in [1.82, 2.24) is 0 Å². The normalized spacial score (nSPS) is 27.6. The van der Waals surface area contributed by atoms with E-state index in [1.165, 1.54) is 31.7 Å². The van der Waals surface area contributed by atoms with Gasteiger partial charge in [0.05, 0.1) is 16.8 Å². The molecule has 5 heteroatoms. The van der Waals surface area contributed by atoms with Gasteiger partial charge in [-0.3, -0.25) is 0 Å². The zero-order valence-electron chi connectivity index (χ0n) is 11.6. The van der Waals surface area contributed by atoms with Crippen molar-refractivity contribution in [3.63, 3.8) is 0 Å². The molecule has 1 aromatic rings. The SMILES string of the molecule is N#Cc1cc(C(F)(F)F)ccc1NCC1CC2CCC1C2. The first-order chi connectivity index (χ1) is 9.97. The van der Waals surface area contributed by atoms with E-state index in [0.29, 0.717) is 11.6 Å². The van der Waals surface area contributed by atoms with Crippen molar-refractivity contribution in [3.8, 4) is 6.07 Å². The standard InChI is InChI=1S/C16H17F3N2/c17-16(18,19)14-3-4-15(12(7-14)8-20)21-9-13-6-10-1-2-11(13)5-10/h3-4,7,10-11,13,21H,1-2,5-6,9H2. The zero-order valence-corrected chi connectivity index (χ0v) is 11.6. The number of rotatable bonds is 3. The Kier molecular flexibility index (Phi) is 3.56. The Labute approximate surface area is 122 Å². The number of halogens is 3. The highest BCUT2D eigenvalue weighted by Gasteiger charge is 2.39. The van der Waals surface area contributed by atoms with Crippen molar-refractivity contribution in [2.45, 2.75) is 31.9 Å². The maximum Gasteiger partial charge on any atom is 0.416 e.